The fraction of sp³-hybridized carbons (Fsp3) is 0.938. The normalized spacial score (nSPS) is 14.2. The van der Waals surface area contributed by atoms with Crippen molar-refractivity contribution in [3.8, 4) is 0 Å². The highest BCUT2D eigenvalue weighted by molar-refractivity contribution is 7.47. The van der Waals surface area contributed by atoms with Crippen molar-refractivity contribution in [2.45, 2.75) is 348 Å². The molecule has 0 aromatic heterocycles. The number of phosphoric ester groups is 2. The van der Waals surface area contributed by atoms with E-state index in [4.69, 9.17) is 37.0 Å². The van der Waals surface area contributed by atoms with Gasteiger partial charge in [0.15, 0.2) is 12.2 Å². The Bertz CT molecular complexity index is 1600. The van der Waals surface area contributed by atoms with Crippen LogP contribution in [-0.4, -0.2) is 96.7 Å². The molecule has 0 bridgehead atoms. The van der Waals surface area contributed by atoms with Gasteiger partial charge in [0, 0.05) is 25.7 Å². The number of esters is 4. The van der Waals surface area contributed by atoms with E-state index in [1.165, 1.54) is 141 Å². The molecule has 0 saturated heterocycles. The zero-order chi connectivity index (χ0) is 61.2. The average Bonchev–Trinajstić information content (AvgIpc) is 3.47. The maximum absolute atomic E-state index is 13.0. The molecule has 0 aromatic carbocycles. The predicted molar refractivity (Wildman–Crippen MR) is 331 cm³/mol. The molecule has 0 aliphatic carbocycles. The Labute approximate surface area is 505 Å². The molecule has 0 fully saturated rings. The maximum Gasteiger partial charge on any atom is 0.472 e. The zero-order valence-corrected chi connectivity index (χ0v) is 54.9. The van der Waals surface area contributed by atoms with E-state index in [0.717, 1.165) is 109 Å². The van der Waals surface area contributed by atoms with E-state index < -0.39 is 97.5 Å². The molecule has 83 heavy (non-hydrogen) atoms. The fourth-order valence-electron chi connectivity index (χ4n) is 9.63. The van der Waals surface area contributed by atoms with Crippen LogP contribution in [0.15, 0.2) is 0 Å². The first kappa shape index (κ1) is 81.1. The highest BCUT2D eigenvalue weighted by atomic mass is 31.2. The van der Waals surface area contributed by atoms with Crippen LogP contribution in [0.2, 0.25) is 0 Å². The van der Waals surface area contributed by atoms with Crippen LogP contribution in [0, 0.1) is 0 Å². The van der Waals surface area contributed by atoms with E-state index in [1.807, 2.05) is 0 Å². The van der Waals surface area contributed by atoms with Crippen LogP contribution in [0.25, 0.3) is 0 Å². The standard InChI is InChI=1S/C64H124O17P2/c1-5-9-13-17-20-22-23-24-25-26-27-28-29-30-31-32-33-34-36-39-43-47-51-64(69)81-60(55-75-62(67)49-45-41-38-35-21-18-14-10-6-2)57-79-83(72,73)77-53-58(65)52-76-82(70,71)78-56-59(54-74-61(66)48-44-40-16-12-8-4)80-63(68)50-46-42-37-19-15-11-7-3/h58-60,65H,5-57H2,1-4H3,(H,70,71)(H,72,73)/t58-,59+,60+/m0/s1. The fourth-order valence-corrected chi connectivity index (χ4v) is 11.2. The molecule has 492 valence electrons. The van der Waals surface area contributed by atoms with Gasteiger partial charge in [0.2, 0.25) is 0 Å². The Morgan fingerprint density at radius 3 is 0.711 bits per heavy atom. The van der Waals surface area contributed by atoms with Gasteiger partial charge < -0.3 is 33.8 Å². The molecule has 5 atom stereocenters. The van der Waals surface area contributed by atoms with Gasteiger partial charge >= 0.3 is 39.5 Å². The Balaban J connectivity index is 5.00. The van der Waals surface area contributed by atoms with Crippen LogP contribution in [0.5, 0.6) is 0 Å². The van der Waals surface area contributed by atoms with Gasteiger partial charge in [-0.2, -0.15) is 0 Å². The van der Waals surface area contributed by atoms with Crippen molar-refractivity contribution in [2.75, 3.05) is 39.6 Å². The monoisotopic (exact) mass is 1230 g/mol. The maximum atomic E-state index is 13.0. The van der Waals surface area contributed by atoms with Crippen molar-refractivity contribution >= 4 is 39.5 Å². The van der Waals surface area contributed by atoms with E-state index in [0.29, 0.717) is 25.7 Å². The van der Waals surface area contributed by atoms with Crippen molar-refractivity contribution in [3.63, 3.8) is 0 Å². The topological polar surface area (TPSA) is 237 Å². The number of hydrogen-bond donors (Lipinski definition) is 3. The molecule has 0 aliphatic rings. The van der Waals surface area contributed by atoms with Crippen LogP contribution >= 0.6 is 15.6 Å². The number of carbonyl (C=O) groups excluding carboxylic acids is 4. The van der Waals surface area contributed by atoms with Crippen LogP contribution in [0.1, 0.15) is 329 Å². The van der Waals surface area contributed by atoms with Gasteiger partial charge in [0.05, 0.1) is 26.4 Å². The molecule has 3 N–H and O–H groups in total. The summed E-state index contributed by atoms with van der Waals surface area (Å²) in [5.41, 5.74) is 0. The third-order valence-corrected chi connectivity index (χ3v) is 16.8. The average molecular weight is 1230 g/mol. The number of unbranched alkanes of at least 4 members (excludes halogenated alkanes) is 39. The van der Waals surface area contributed by atoms with Gasteiger partial charge in [-0.3, -0.25) is 37.3 Å². The summed E-state index contributed by atoms with van der Waals surface area (Å²) in [6.07, 6.45) is 45.3. The molecule has 0 spiro atoms. The quantitative estimate of drug-likeness (QED) is 0.0222. The molecule has 0 aliphatic heterocycles. The number of carbonyl (C=O) groups is 4. The van der Waals surface area contributed by atoms with Crippen molar-refractivity contribution in [3.05, 3.63) is 0 Å². The van der Waals surface area contributed by atoms with Gasteiger partial charge in [-0.05, 0) is 25.7 Å². The SMILES string of the molecule is CCCCCCCCCCCCCCCCCCCCCCCCC(=O)O[C@H](COC(=O)CCCCCCCCCCC)COP(=O)(O)OC[C@@H](O)COP(=O)(O)OC[C@@H](COC(=O)CCCCCCC)OC(=O)CCCCCCCCC. The number of aliphatic hydroxyl groups is 1. The van der Waals surface area contributed by atoms with Gasteiger partial charge in [-0.1, -0.05) is 278 Å². The lowest BCUT2D eigenvalue weighted by atomic mass is 10.0. The summed E-state index contributed by atoms with van der Waals surface area (Å²) in [4.78, 5) is 71.7. The summed E-state index contributed by atoms with van der Waals surface area (Å²) in [6.45, 7) is 4.74. The summed E-state index contributed by atoms with van der Waals surface area (Å²) in [5, 5.41) is 10.5. The third kappa shape index (κ3) is 58.8. The van der Waals surface area contributed by atoms with E-state index in [1.54, 1.807) is 0 Å². The second-order valence-corrected chi connectivity index (χ2v) is 26.1. The van der Waals surface area contributed by atoms with Crippen molar-refractivity contribution in [1.82, 2.24) is 0 Å². The Morgan fingerprint density at radius 2 is 0.482 bits per heavy atom. The minimum absolute atomic E-state index is 0.103. The van der Waals surface area contributed by atoms with E-state index in [-0.39, 0.29) is 25.7 Å². The molecule has 2 unspecified atom stereocenters. The Kier molecular flexibility index (Phi) is 57.7. The summed E-state index contributed by atoms with van der Waals surface area (Å²) in [6, 6.07) is 0. The van der Waals surface area contributed by atoms with E-state index in [2.05, 4.69) is 27.7 Å². The molecule has 0 amide bonds. The van der Waals surface area contributed by atoms with Gasteiger partial charge in [0.25, 0.3) is 0 Å². The molecule has 17 nitrogen and oxygen atoms in total. The molecular formula is C64H124O17P2. The third-order valence-electron chi connectivity index (χ3n) is 14.9. The summed E-state index contributed by atoms with van der Waals surface area (Å²) >= 11 is 0. The lowest BCUT2D eigenvalue weighted by Crippen LogP contribution is -2.30. The molecule has 0 rings (SSSR count). The Hall–Kier alpha value is -1.94. The summed E-state index contributed by atoms with van der Waals surface area (Å²) in [5.74, 6) is -2.15. The first-order chi connectivity index (χ1) is 40.2. The van der Waals surface area contributed by atoms with Crippen LogP contribution < -0.4 is 0 Å². The zero-order valence-electron chi connectivity index (χ0n) is 53.2. The van der Waals surface area contributed by atoms with Crippen LogP contribution in [0.3, 0.4) is 0 Å². The molecule has 19 heteroatoms. The highest BCUT2D eigenvalue weighted by Gasteiger charge is 2.30. The number of phosphoric acid groups is 2. The molecule has 0 radical (unpaired) electrons. The van der Waals surface area contributed by atoms with Gasteiger partial charge in [-0.25, -0.2) is 9.13 Å². The van der Waals surface area contributed by atoms with Crippen molar-refractivity contribution in [1.29, 1.82) is 0 Å². The number of rotatable bonds is 65. The summed E-state index contributed by atoms with van der Waals surface area (Å²) < 4.78 is 67.6. The number of ether oxygens (including phenoxy) is 4. The van der Waals surface area contributed by atoms with Crippen LogP contribution in [-0.2, 0) is 65.4 Å². The van der Waals surface area contributed by atoms with Gasteiger partial charge in [0.1, 0.15) is 19.3 Å². The van der Waals surface area contributed by atoms with Crippen molar-refractivity contribution < 1.29 is 80.2 Å². The second kappa shape index (κ2) is 59.0. The largest absolute Gasteiger partial charge is 0.472 e. The minimum atomic E-state index is -4.94. The first-order valence-electron chi connectivity index (χ1n) is 33.8. The smallest absolute Gasteiger partial charge is 0.462 e. The molecule has 0 saturated carbocycles. The van der Waals surface area contributed by atoms with E-state index >= 15 is 0 Å². The number of aliphatic hydroxyl groups excluding tert-OH is 1. The highest BCUT2D eigenvalue weighted by Crippen LogP contribution is 2.45. The lowest BCUT2D eigenvalue weighted by Gasteiger charge is -2.21. The molecule has 0 aromatic rings. The minimum Gasteiger partial charge on any atom is -0.462 e. The van der Waals surface area contributed by atoms with E-state index in [9.17, 15) is 43.2 Å². The van der Waals surface area contributed by atoms with Crippen molar-refractivity contribution in [2.24, 2.45) is 0 Å². The summed E-state index contributed by atoms with van der Waals surface area (Å²) in [7, 11) is -9.87. The van der Waals surface area contributed by atoms with Crippen LogP contribution in [0.4, 0.5) is 0 Å². The first-order valence-corrected chi connectivity index (χ1v) is 36.8. The predicted octanol–water partition coefficient (Wildman–Crippen LogP) is 17.9. The Morgan fingerprint density at radius 1 is 0.289 bits per heavy atom. The second-order valence-electron chi connectivity index (χ2n) is 23.2. The van der Waals surface area contributed by atoms with Gasteiger partial charge in [-0.15, -0.1) is 0 Å². The lowest BCUT2D eigenvalue weighted by molar-refractivity contribution is -0.161. The molecule has 0 heterocycles. The number of hydrogen-bond acceptors (Lipinski definition) is 15. The molecular weight excluding hydrogens is 1100 g/mol.